The summed E-state index contributed by atoms with van der Waals surface area (Å²) in [5, 5.41) is 5.65. The van der Waals surface area contributed by atoms with Gasteiger partial charge < -0.3 is 10.6 Å². The monoisotopic (exact) mass is 331 g/mol. The number of carbonyl (C=O) groups excluding carboxylic acids is 3. The Kier molecular flexibility index (Phi) is 4.47. The molecule has 1 aliphatic heterocycles. The summed E-state index contributed by atoms with van der Waals surface area (Å²) in [5.41, 5.74) is 1.20. The zero-order valence-corrected chi connectivity index (χ0v) is 13.5. The number of rotatable bonds is 5. The molecule has 120 valence electrons. The highest BCUT2D eigenvalue weighted by atomic mass is 32.2. The molecule has 7 heteroatoms. The highest BCUT2D eigenvalue weighted by Crippen LogP contribution is 2.29. The number of hydrogen-bond donors (Lipinski definition) is 2. The second-order valence-electron chi connectivity index (χ2n) is 5.65. The minimum Gasteiger partial charge on any atom is -0.326 e. The molecule has 1 aromatic rings. The lowest BCUT2D eigenvalue weighted by atomic mass is 10.1. The smallest absolute Gasteiger partial charge is 0.240 e. The van der Waals surface area contributed by atoms with Crippen LogP contribution in [0.15, 0.2) is 29.3 Å². The fourth-order valence-electron chi connectivity index (χ4n) is 2.14. The van der Waals surface area contributed by atoms with Crippen LogP contribution < -0.4 is 10.6 Å². The predicted molar refractivity (Wildman–Crippen MR) is 89.7 cm³/mol. The van der Waals surface area contributed by atoms with Crippen molar-refractivity contribution in [1.82, 2.24) is 5.32 Å². The summed E-state index contributed by atoms with van der Waals surface area (Å²) in [6, 6.07) is 7.02. The lowest BCUT2D eigenvalue weighted by Crippen LogP contribution is -2.28. The molecule has 1 heterocycles. The molecule has 2 fully saturated rings. The van der Waals surface area contributed by atoms with E-state index in [-0.39, 0.29) is 24.0 Å². The van der Waals surface area contributed by atoms with Crippen molar-refractivity contribution in [3.05, 3.63) is 29.8 Å². The molecule has 0 bridgehead atoms. The van der Waals surface area contributed by atoms with Gasteiger partial charge in [-0.15, -0.1) is 0 Å². The number of anilines is 1. The molecule has 1 saturated carbocycles. The fraction of sp³-hybridized carbons (Fsp3) is 0.375. The van der Waals surface area contributed by atoms with Crippen molar-refractivity contribution in [3.63, 3.8) is 0 Å². The lowest BCUT2D eigenvalue weighted by Gasteiger charge is -2.07. The van der Waals surface area contributed by atoms with Crippen molar-refractivity contribution in [2.45, 2.75) is 37.5 Å². The molecule has 0 spiro atoms. The van der Waals surface area contributed by atoms with E-state index in [0.717, 1.165) is 12.8 Å². The second-order valence-corrected chi connectivity index (χ2v) is 6.84. The minimum absolute atomic E-state index is 0.0237. The van der Waals surface area contributed by atoms with Crippen LogP contribution in [-0.4, -0.2) is 34.1 Å². The van der Waals surface area contributed by atoms with Gasteiger partial charge >= 0.3 is 0 Å². The molecule has 0 aromatic heterocycles. The number of nitrogens with zero attached hydrogens (tertiary/aromatic N) is 1. The Balaban J connectivity index is 1.54. The lowest BCUT2D eigenvalue weighted by molar-refractivity contribution is -0.122. The quantitative estimate of drug-likeness (QED) is 0.808. The number of ketones is 1. The number of nitrogens with one attached hydrogen (secondary N) is 2. The van der Waals surface area contributed by atoms with E-state index in [1.54, 1.807) is 24.3 Å². The van der Waals surface area contributed by atoms with E-state index in [9.17, 15) is 14.4 Å². The van der Waals surface area contributed by atoms with Crippen LogP contribution in [0.5, 0.6) is 0 Å². The molecular formula is C16H17N3O3S. The molecule has 1 aliphatic carbocycles. The Morgan fingerprint density at radius 2 is 2.00 bits per heavy atom. The van der Waals surface area contributed by atoms with Gasteiger partial charge in [0.15, 0.2) is 11.0 Å². The molecule has 1 atom stereocenters. The normalized spacial score (nSPS) is 22.0. The average Bonchev–Trinajstić information content (AvgIpc) is 3.24. The first kappa shape index (κ1) is 15.7. The zero-order valence-electron chi connectivity index (χ0n) is 12.7. The van der Waals surface area contributed by atoms with Gasteiger partial charge in [-0.2, -0.15) is 0 Å². The van der Waals surface area contributed by atoms with Crippen LogP contribution in [0.1, 0.15) is 36.5 Å². The molecule has 0 radical (unpaired) electrons. The van der Waals surface area contributed by atoms with Crippen molar-refractivity contribution >= 4 is 40.2 Å². The maximum atomic E-state index is 12.1. The first-order valence-electron chi connectivity index (χ1n) is 7.47. The number of amides is 2. The molecule has 2 N–H and O–H groups in total. The van der Waals surface area contributed by atoms with Crippen LogP contribution in [0.4, 0.5) is 5.69 Å². The highest BCUT2D eigenvalue weighted by molar-refractivity contribution is 8.15. The van der Waals surface area contributed by atoms with Gasteiger partial charge in [-0.05, 0) is 44.0 Å². The van der Waals surface area contributed by atoms with Gasteiger partial charge in [0.05, 0.1) is 6.04 Å². The number of aliphatic imine (C=N–C) groups is 1. The number of thioether (sulfide) groups is 1. The molecule has 2 aliphatic rings. The number of Topliss-reactive ketones (excluding diaryl/α,β-unsaturated/α-hetero) is 1. The SMILES string of the molecule is CC(=O)c1ccc(NC(=O)C[C@@H]2SC(=NC3CC3)NC2=O)cc1. The van der Waals surface area contributed by atoms with Crippen molar-refractivity contribution in [1.29, 1.82) is 0 Å². The van der Waals surface area contributed by atoms with Gasteiger partial charge in [0.2, 0.25) is 11.8 Å². The Hall–Kier alpha value is -2.15. The fourth-order valence-corrected chi connectivity index (χ4v) is 3.18. The largest absolute Gasteiger partial charge is 0.326 e. The Bertz CT molecular complexity index is 680. The average molecular weight is 331 g/mol. The standard InChI is InChI=1S/C16H17N3O3S/c1-9(20)10-2-4-11(5-3-10)17-14(21)8-13-15(22)19-16(23-13)18-12-6-7-12/h2-5,12-13H,6-8H2,1H3,(H,17,21)(H,18,19,22)/t13-/m0/s1. The molecule has 23 heavy (non-hydrogen) atoms. The molecule has 1 aromatic carbocycles. The van der Waals surface area contributed by atoms with Crippen LogP contribution in [0.3, 0.4) is 0 Å². The van der Waals surface area contributed by atoms with E-state index >= 15 is 0 Å². The molecule has 3 rings (SSSR count). The molecule has 2 amide bonds. The topological polar surface area (TPSA) is 87.6 Å². The molecular weight excluding hydrogens is 314 g/mol. The van der Waals surface area contributed by atoms with E-state index < -0.39 is 5.25 Å². The Labute approximate surface area is 138 Å². The molecule has 1 saturated heterocycles. The van der Waals surface area contributed by atoms with Crippen LogP contribution >= 0.6 is 11.8 Å². The first-order chi connectivity index (χ1) is 11.0. The summed E-state index contributed by atoms with van der Waals surface area (Å²) in [4.78, 5) is 39.5. The third-order valence-corrected chi connectivity index (χ3v) is 4.67. The van der Waals surface area contributed by atoms with Crippen LogP contribution in [-0.2, 0) is 9.59 Å². The number of amidine groups is 1. The van der Waals surface area contributed by atoms with Crippen molar-refractivity contribution < 1.29 is 14.4 Å². The van der Waals surface area contributed by atoms with Crippen molar-refractivity contribution in [2.75, 3.05) is 5.32 Å². The van der Waals surface area contributed by atoms with E-state index in [2.05, 4.69) is 15.6 Å². The first-order valence-corrected chi connectivity index (χ1v) is 8.35. The third-order valence-electron chi connectivity index (χ3n) is 3.57. The maximum absolute atomic E-state index is 12.1. The molecule has 6 nitrogen and oxygen atoms in total. The summed E-state index contributed by atoms with van der Waals surface area (Å²) in [6.45, 7) is 1.49. The highest BCUT2D eigenvalue weighted by Gasteiger charge is 2.33. The van der Waals surface area contributed by atoms with Gasteiger partial charge in [0.1, 0.15) is 5.25 Å². The van der Waals surface area contributed by atoms with Gasteiger partial charge in [0.25, 0.3) is 0 Å². The zero-order chi connectivity index (χ0) is 16.4. The second kappa shape index (κ2) is 6.54. The summed E-state index contributed by atoms with van der Waals surface area (Å²) >= 11 is 1.32. The van der Waals surface area contributed by atoms with Crippen LogP contribution in [0.25, 0.3) is 0 Å². The number of hydrogen-bond acceptors (Lipinski definition) is 5. The van der Waals surface area contributed by atoms with E-state index in [1.807, 2.05) is 0 Å². The van der Waals surface area contributed by atoms with E-state index in [0.29, 0.717) is 22.5 Å². The van der Waals surface area contributed by atoms with Crippen LogP contribution in [0.2, 0.25) is 0 Å². The number of carbonyl (C=O) groups is 3. The van der Waals surface area contributed by atoms with E-state index in [1.165, 1.54) is 18.7 Å². The third kappa shape index (κ3) is 4.19. The summed E-state index contributed by atoms with van der Waals surface area (Å²) in [6.07, 6.45) is 2.23. The number of benzene rings is 1. The summed E-state index contributed by atoms with van der Waals surface area (Å²) in [7, 11) is 0. The predicted octanol–water partition coefficient (Wildman–Crippen LogP) is 1.97. The van der Waals surface area contributed by atoms with Crippen molar-refractivity contribution in [2.24, 2.45) is 4.99 Å². The van der Waals surface area contributed by atoms with Crippen LogP contribution in [0, 0.1) is 0 Å². The van der Waals surface area contributed by atoms with Gasteiger partial charge in [-0.25, -0.2) is 0 Å². The van der Waals surface area contributed by atoms with Crippen molar-refractivity contribution in [3.8, 4) is 0 Å². The Morgan fingerprint density at radius 3 is 2.61 bits per heavy atom. The Morgan fingerprint density at radius 1 is 1.30 bits per heavy atom. The van der Waals surface area contributed by atoms with Gasteiger partial charge in [-0.3, -0.25) is 19.4 Å². The molecule has 0 unspecified atom stereocenters. The van der Waals surface area contributed by atoms with Gasteiger partial charge in [0, 0.05) is 17.7 Å². The summed E-state index contributed by atoms with van der Waals surface area (Å²) < 4.78 is 0. The van der Waals surface area contributed by atoms with E-state index in [4.69, 9.17) is 0 Å². The summed E-state index contributed by atoms with van der Waals surface area (Å²) in [5.74, 6) is -0.429. The van der Waals surface area contributed by atoms with Gasteiger partial charge in [-0.1, -0.05) is 11.8 Å². The maximum Gasteiger partial charge on any atom is 0.240 e. The minimum atomic E-state index is -0.441.